The first kappa shape index (κ1) is 15.1. The van der Waals surface area contributed by atoms with Crippen LogP contribution in [0.1, 0.15) is 81.9 Å². The van der Waals surface area contributed by atoms with E-state index in [9.17, 15) is 0 Å². The van der Waals surface area contributed by atoms with Crippen LogP contribution in [0.25, 0.3) is 0 Å². The first-order chi connectivity index (χ1) is 10.3. The highest BCUT2D eigenvalue weighted by Gasteiger charge is 2.30. The second kappa shape index (κ2) is 6.96. The van der Waals surface area contributed by atoms with Gasteiger partial charge in [-0.25, -0.2) is 0 Å². The molecule has 2 saturated carbocycles. The average Bonchev–Trinajstić information content (AvgIpc) is 2.45. The zero-order valence-corrected chi connectivity index (χ0v) is 13.8. The molecule has 0 bridgehead atoms. The molecule has 1 atom stereocenters. The zero-order chi connectivity index (χ0) is 14.7. The van der Waals surface area contributed by atoms with Gasteiger partial charge in [0, 0.05) is 6.04 Å². The van der Waals surface area contributed by atoms with Crippen LogP contribution in [-0.4, -0.2) is 6.54 Å². The highest BCUT2D eigenvalue weighted by atomic mass is 14.9. The normalized spacial score (nSPS) is 28.1. The van der Waals surface area contributed by atoms with Gasteiger partial charge < -0.3 is 5.32 Å². The van der Waals surface area contributed by atoms with E-state index in [1.54, 1.807) is 11.1 Å². The summed E-state index contributed by atoms with van der Waals surface area (Å²) in [6, 6.07) is 9.86. The smallest absolute Gasteiger partial charge is 0.0351 e. The molecule has 0 heterocycles. The lowest BCUT2D eigenvalue weighted by Crippen LogP contribution is -2.32. The Morgan fingerprint density at radius 1 is 1.05 bits per heavy atom. The Balaban J connectivity index is 1.83. The van der Waals surface area contributed by atoms with Crippen LogP contribution in [0.2, 0.25) is 0 Å². The van der Waals surface area contributed by atoms with Crippen LogP contribution in [0.4, 0.5) is 0 Å². The van der Waals surface area contributed by atoms with E-state index in [1.165, 1.54) is 44.9 Å². The van der Waals surface area contributed by atoms with Crippen LogP contribution in [0.3, 0.4) is 0 Å². The summed E-state index contributed by atoms with van der Waals surface area (Å²) in [6.45, 7) is 5.75. The van der Waals surface area contributed by atoms with Gasteiger partial charge in [0.15, 0.2) is 0 Å². The van der Waals surface area contributed by atoms with Gasteiger partial charge >= 0.3 is 0 Å². The van der Waals surface area contributed by atoms with Gasteiger partial charge in [-0.1, -0.05) is 57.4 Å². The van der Waals surface area contributed by atoms with Gasteiger partial charge in [-0.2, -0.15) is 0 Å². The second-order valence-electron chi connectivity index (χ2n) is 7.31. The molecule has 116 valence electrons. The van der Waals surface area contributed by atoms with E-state index < -0.39 is 0 Å². The highest BCUT2D eigenvalue weighted by molar-refractivity contribution is 5.34. The first-order valence-electron chi connectivity index (χ1n) is 9.11. The molecule has 3 rings (SSSR count). The third-order valence-corrected chi connectivity index (χ3v) is 5.83. The molecule has 0 aliphatic heterocycles. The number of hydrogen-bond acceptors (Lipinski definition) is 1. The summed E-state index contributed by atoms with van der Waals surface area (Å²) in [6.07, 6.45) is 9.85. The maximum atomic E-state index is 3.83. The van der Waals surface area contributed by atoms with Gasteiger partial charge in [0.1, 0.15) is 0 Å². The topological polar surface area (TPSA) is 12.0 Å². The van der Waals surface area contributed by atoms with Gasteiger partial charge in [0.2, 0.25) is 0 Å². The molecule has 2 aliphatic carbocycles. The van der Waals surface area contributed by atoms with Crippen molar-refractivity contribution in [1.29, 1.82) is 0 Å². The molecule has 1 heteroatoms. The van der Waals surface area contributed by atoms with E-state index in [2.05, 4.69) is 43.4 Å². The molecule has 1 aromatic rings. The molecule has 2 aliphatic rings. The van der Waals surface area contributed by atoms with Crippen molar-refractivity contribution in [2.24, 2.45) is 11.8 Å². The SMILES string of the molecule is CCNC(c1ccccc1C1CCC1)C1CCC(C)CC1. The predicted molar refractivity (Wildman–Crippen MR) is 90.6 cm³/mol. The molecule has 0 saturated heterocycles. The van der Waals surface area contributed by atoms with Gasteiger partial charge in [0.25, 0.3) is 0 Å². The van der Waals surface area contributed by atoms with Crippen molar-refractivity contribution in [3.63, 3.8) is 0 Å². The Hall–Kier alpha value is -0.820. The van der Waals surface area contributed by atoms with E-state index >= 15 is 0 Å². The number of benzene rings is 1. The zero-order valence-electron chi connectivity index (χ0n) is 13.8. The monoisotopic (exact) mass is 285 g/mol. The van der Waals surface area contributed by atoms with Crippen LogP contribution < -0.4 is 5.32 Å². The molecule has 1 unspecified atom stereocenters. The second-order valence-corrected chi connectivity index (χ2v) is 7.31. The molecule has 2 fully saturated rings. The Kier molecular flexibility index (Phi) is 5.00. The fourth-order valence-electron chi connectivity index (χ4n) is 4.25. The van der Waals surface area contributed by atoms with Crippen molar-refractivity contribution in [3.05, 3.63) is 35.4 Å². The maximum Gasteiger partial charge on any atom is 0.0351 e. The van der Waals surface area contributed by atoms with Crippen molar-refractivity contribution >= 4 is 0 Å². The van der Waals surface area contributed by atoms with Crippen molar-refractivity contribution in [2.75, 3.05) is 6.54 Å². The minimum atomic E-state index is 0.583. The summed E-state index contributed by atoms with van der Waals surface area (Å²) in [5.74, 6) is 2.61. The minimum Gasteiger partial charge on any atom is -0.310 e. The Bertz CT molecular complexity index is 441. The summed E-state index contributed by atoms with van der Waals surface area (Å²) in [4.78, 5) is 0. The Morgan fingerprint density at radius 2 is 1.76 bits per heavy atom. The number of rotatable bonds is 5. The predicted octanol–water partition coefficient (Wildman–Crippen LogP) is 5.43. The third-order valence-electron chi connectivity index (χ3n) is 5.83. The van der Waals surface area contributed by atoms with Crippen molar-refractivity contribution in [2.45, 2.75) is 70.8 Å². The van der Waals surface area contributed by atoms with Gasteiger partial charge in [-0.05, 0) is 61.1 Å². The summed E-state index contributed by atoms with van der Waals surface area (Å²) in [5.41, 5.74) is 3.26. The van der Waals surface area contributed by atoms with Crippen molar-refractivity contribution in [3.8, 4) is 0 Å². The number of nitrogens with one attached hydrogen (secondary N) is 1. The molecule has 0 radical (unpaired) electrons. The molecule has 0 spiro atoms. The quantitative estimate of drug-likeness (QED) is 0.760. The lowest BCUT2D eigenvalue weighted by atomic mass is 9.72. The molecular formula is C20H31N. The van der Waals surface area contributed by atoms with Gasteiger partial charge in [-0.3, -0.25) is 0 Å². The lowest BCUT2D eigenvalue weighted by molar-refractivity contribution is 0.231. The van der Waals surface area contributed by atoms with Crippen LogP contribution in [0, 0.1) is 11.8 Å². The van der Waals surface area contributed by atoms with Crippen LogP contribution in [0.5, 0.6) is 0 Å². The minimum absolute atomic E-state index is 0.583. The fourth-order valence-corrected chi connectivity index (χ4v) is 4.25. The summed E-state index contributed by atoms with van der Waals surface area (Å²) < 4.78 is 0. The fraction of sp³-hybridized carbons (Fsp3) is 0.700. The largest absolute Gasteiger partial charge is 0.310 e. The molecule has 1 nitrogen and oxygen atoms in total. The van der Waals surface area contributed by atoms with E-state index in [0.717, 1.165) is 24.3 Å². The maximum absolute atomic E-state index is 3.83. The molecule has 1 aromatic carbocycles. The van der Waals surface area contributed by atoms with Crippen LogP contribution in [-0.2, 0) is 0 Å². The summed E-state index contributed by atoms with van der Waals surface area (Å²) in [5, 5.41) is 3.83. The third kappa shape index (κ3) is 3.34. The molecule has 0 aromatic heterocycles. The highest BCUT2D eigenvalue weighted by Crippen LogP contribution is 2.43. The van der Waals surface area contributed by atoms with E-state index in [0.29, 0.717) is 6.04 Å². The summed E-state index contributed by atoms with van der Waals surface area (Å²) >= 11 is 0. The lowest BCUT2D eigenvalue weighted by Gasteiger charge is -2.37. The van der Waals surface area contributed by atoms with Gasteiger partial charge in [0.05, 0.1) is 0 Å². The average molecular weight is 285 g/mol. The number of hydrogen-bond donors (Lipinski definition) is 1. The molecule has 0 amide bonds. The van der Waals surface area contributed by atoms with Crippen molar-refractivity contribution < 1.29 is 0 Å². The Morgan fingerprint density at radius 3 is 2.38 bits per heavy atom. The van der Waals surface area contributed by atoms with Crippen LogP contribution >= 0.6 is 0 Å². The molecular weight excluding hydrogens is 254 g/mol. The van der Waals surface area contributed by atoms with Gasteiger partial charge in [-0.15, -0.1) is 0 Å². The van der Waals surface area contributed by atoms with Crippen LogP contribution in [0.15, 0.2) is 24.3 Å². The van der Waals surface area contributed by atoms with Crippen molar-refractivity contribution in [1.82, 2.24) is 5.32 Å². The summed E-state index contributed by atoms with van der Waals surface area (Å²) in [7, 11) is 0. The van der Waals surface area contributed by atoms with E-state index in [1.807, 2.05) is 0 Å². The van der Waals surface area contributed by atoms with E-state index in [4.69, 9.17) is 0 Å². The molecule has 21 heavy (non-hydrogen) atoms. The first-order valence-corrected chi connectivity index (χ1v) is 9.11. The Labute approximate surface area is 130 Å². The standard InChI is InChI=1S/C20H31N/c1-3-21-20(17-13-11-15(2)12-14-17)19-10-5-4-9-18(19)16-7-6-8-16/h4-5,9-10,15-17,20-21H,3,6-8,11-14H2,1-2H3. The van der Waals surface area contributed by atoms with E-state index in [-0.39, 0.29) is 0 Å². The molecule has 1 N–H and O–H groups in total.